The van der Waals surface area contributed by atoms with E-state index in [1.54, 1.807) is 0 Å². The first-order chi connectivity index (χ1) is 11.8. The van der Waals surface area contributed by atoms with Crippen LogP contribution in [0.5, 0.6) is 0 Å². The number of benzene rings is 1. The Labute approximate surface area is 147 Å². The third-order valence-electron chi connectivity index (χ3n) is 5.63. The maximum absolute atomic E-state index is 9.26. The van der Waals surface area contributed by atoms with Crippen LogP contribution < -0.4 is 0 Å². The van der Waals surface area contributed by atoms with Gasteiger partial charge in [-0.3, -0.25) is 14.7 Å². The van der Waals surface area contributed by atoms with Crippen LogP contribution in [0.25, 0.3) is 0 Å². The lowest BCUT2D eigenvalue weighted by Crippen LogP contribution is -2.49. The zero-order valence-electron chi connectivity index (χ0n) is 14.9. The summed E-state index contributed by atoms with van der Waals surface area (Å²) in [5, 5.41) is 9.26. The average Bonchev–Trinajstić information content (AvgIpc) is 2.63. The highest BCUT2D eigenvalue weighted by Gasteiger charge is 2.23. The van der Waals surface area contributed by atoms with E-state index in [1.807, 2.05) is 0 Å². The third-order valence-corrected chi connectivity index (χ3v) is 5.63. The Morgan fingerprint density at radius 1 is 0.875 bits per heavy atom. The standard InChI is InChI=1S/C20H33N3O/c24-17-9-20-8-4-5-10-23(20)16-15-21-11-13-22(14-12-21)18-19-6-2-1-3-7-19/h1-3,6-7,20,24H,4-5,8-18H2. The van der Waals surface area contributed by atoms with E-state index < -0.39 is 0 Å². The number of aliphatic hydroxyl groups is 1. The monoisotopic (exact) mass is 331 g/mol. The van der Waals surface area contributed by atoms with Crippen molar-refractivity contribution >= 4 is 0 Å². The van der Waals surface area contributed by atoms with Crippen LogP contribution in [0.15, 0.2) is 30.3 Å². The topological polar surface area (TPSA) is 30.0 Å². The van der Waals surface area contributed by atoms with Crippen molar-refractivity contribution in [3.8, 4) is 0 Å². The summed E-state index contributed by atoms with van der Waals surface area (Å²) in [5.74, 6) is 0. The smallest absolute Gasteiger partial charge is 0.0445 e. The van der Waals surface area contributed by atoms with Gasteiger partial charge < -0.3 is 5.11 Å². The van der Waals surface area contributed by atoms with Crippen LogP contribution in [0.2, 0.25) is 0 Å². The lowest BCUT2D eigenvalue weighted by molar-refractivity contribution is 0.0816. The Morgan fingerprint density at radius 3 is 2.38 bits per heavy atom. The number of rotatable bonds is 7. The molecule has 2 saturated heterocycles. The van der Waals surface area contributed by atoms with Crippen LogP contribution in [0, 0.1) is 0 Å². The molecule has 2 heterocycles. The van der Waals surface area contributed by atoms with E-state index in [-0.39, 0.29) is 0 Å². The van der Waals surface area contributed by atoms with Gasteiger partial charge in [0.05, 0.1) is 0 Å². The van der Waals surface area contributed by atoms with Crippen LogP contribution in [-0.2, 0) is 6.54 Å². The van der Waals surface area contributed by atoms with Crippen molar-refractivity contribution in [3.63, 3.8) is 0 Å². The minimum absolute atomic E-state index is 0.333. The molecule has 24 heavy (non-hydrogen) atoms. The molecule has 4 heteroatoms. The van der Waals surface area contributed by atoms with Crippen LogP contribution in [0.4, 0.5) is 0 Å². The summed E-state index contributed by atoms with van der Waals surface area (Å²) >= 11 is 0. The highest BCUT2D eigenvalue weighted by atomic mass is 16.3. The maximum Gasteiger partial charge on any atom is 0.0445 e. The van der Waals surface area contributed by atoms with Crippen molar-refractivity contribution in [2.75, 3.05) is 52.4 Å². The van der Waals surface area contributed by atoms with E-state index in [1.165, 1.54) is 70.6 Å². The van der Waals surface area contributed by atoms with Gasteiger partial charge in [-0.1, -0.05) is 36.8 Å². The first kappa shape index (κ1) is 17.9. The van der Waals surface area contributed by atoms with Gasteiger partial charge in [0.25, 0.3) is 0 Å². The van der Waals surface area contributed by atoms with E-state index in [0.29, 0.717) is 12.6 Å². The molecule has 4 nitrogen and oxygen atoms in total. The summed E-state index contributed by atoms with van der Waals surface area (Å²) in [6.45, 7) is 9.71. The fraction of sp³-hybridized carbons (Fsp3) is 0.700. The van der Waals surface area contributed by atoms with Crippen LogP contribution >= 0.6 is 0 Å². The highest BCUT2D eigenvalue weighted by molar-refractivity contribution is 5.14. The number of nitrogens with zero attached hydrogens (tertiary/aromatic N) is 3. The predicted octanol–water partition coefficient (Wildman–Crippen LogP) is 2.04. The number of piperidine rings is 1. The van der Waals surface area contributed by atoms with Gasteiger partial charge in [-0.25, -0.2) is 0 Å². The molecule has 2 fully saturated rings. The zero-order chi connectivity index (χ0) is 16.6. The molecule has 1 aromatic rings. The highest BCUT2D eigenvalue weighted by Crippen LogP contribution is 2.19. The molecule has 0 spiro atoms. The van der Waals surface area contributed by atoms with E-state index in [0.717, 1.165) is 13.0 Å². The first-order valence-electron chi connectivity index (χ1n) is 9.68. The molecule has 0 aliphatic carbocycles. The van der Waals surface area contributed by atoms with Crippen molar-refractivity contribution in [2.45, 2.75) is 38.3 Å². The third kappa shape index (κ3) is 5.28. The summed E-state index contributed by atoms with van der Waals surface area (Å²) in [7, 11) is 0. The van der Waals surface area contributed by atoms with Crippen molar-refractivity contribution < 1.29 is 5.11 Å². The van der Waals surface area contributed by atoms with Crippen molar-refractivity contribution in [1.82, 2.24) is 14.7 Å². The van der Waals surface area contributed by atoms with Gasteiger partial charge in [-0.05, 0) is 31.4 Å². The molecule has 3 rings (SSSR count). The number of aliphatic hydroxyl groups excluding tert-OH is 1. The molecule has 0 aromatic heterocycles. The molecule has 1 unspecified atom stereocenters. The Hall–Kier alpha value is -0.940. The molecular formula is C20H33N3O. The van der Waals surface area contributed by atoms with Crippen LogP contribution in [0.3, 0.4) is 0 Å². The summed E-state index contributed by atoms with van der Waals surface area (Å²) in [4.78, 5) is 7.81. The van der Waals surface area contributed by atoms with Crippen molar-refractivity contribution in [1.29, 1.82) is 0 Å². The second-order valence-electron chi connectivity index (χ2n) is 7.30. The van der Waals surface area contributed by atoms with Gasteiger partial charge in [0.2, 0.25) is 0 Å². The van der Waals surface area contributed by atoms with E-state index in [4.69, 9.17) is 0 Å². The lowest BCUT2D eigenvalue weighted by Gasteiger charge is -2.39. The molecule has 1 aromatic carbocycles. The van der Waals surface area contributed by atoms with Gasteiger partial charge in [0, 0.05) is 58.5 Å². The van der Waals surface area contributed by atoms with Crippen molar-refractivity contribution in [3.05, 3.63) is 35.9 Å². The number of likely N-dealkylation sites (tertiary alicyclic amines) is 1. The van der Waals surface area contributed by atoms with Gasteiger partial charge in [0.15, 0.2) is 0 Å². The molecule has 0 bridgehead atoms. The second kappa shape index (κ2) is 9.52. The van der Waals surface area contributed by atoms with Gasteiger partial charge >= 0.3 is 0 Å². The molecule has 1 N–H and O–H groups in total. The lowest BCUT2D eigenvalue weighted by atomic mass is 10.00. The molecule has 2 aliphatic heterocycles. The summed E-state index contributed by atoms with van der Waals surface area (Å²) in [5.41, 5.74) is 1.42. The Bertz CT molecular complexity index is 457. The van der Waals surface area contributed by atoms with Gasteiger partial charge in [-0.2, -0.15) is 0 Å². The first-order valence-corrected chi connectivity index (χ1v) is 9.68. The summed E-state index contributed by atoms with van der Waals surface area (Å²) in [6.07, 6.45) is 4.88. The van der Waals surface area contributed by atoms with Crippen molar-refractivity contribution in [2.24, 2.45) is 0 Å². The minimum Gasteiger partial charge on any atom is -0.396 e. The van der Waals surface area contributed by atoms with E-state index >= 15 is 0 Å². The summed E-state index contributed by atoms with van der Waals surface area (Å²) < 4.78 is 0. The average molecular weight is 332 g/mol. The largest absolute Gasteiger partial charge is 0.396 e. The Morgan fingerprint density at radius 2 is 1.62 bits per heavy atom. The van der Waals surface area contributed by atoms with E-state index in [2.05, 4.69) is 45.0 Å². The predicted molar refractivity (Wildman–Crippen MR) is 99.1 cm³/mol. The fourth-order valence-electron chi connectivity index (χ4n) is 4.11. The maximum atomic E-state index is 9.26. The van der Waals surface area contributed by atoms with E-state index in [9.17, 15) is 5.11 Å². The van der Waals surface area contributed by atoms with Crippen LogP contribution in [0.1, 0.15) is 31.2 Å². The molecule has 0 amide bonds. The molecule has 134 valence electrons. The Balaban J connectivity index is 1.37. The molecule has 2 aliphatic rings. The fourth-order valence-corrected chi connectivity index (χ4v) is 4.11. The number of hydrogen-bond donors (Lipinski definition) is 1. The number of hydrogen-bond acceptors (Lipinski definition) is 4. The minimum atomic E-state index is 0.333. The quantitative estimate of drug-likeness (QED) is 0.828. The van der Waals surface area contributed by atoms with Gasteiger partial charge in [0.1, 0.15) is 0 Å². The molecule has 1 atom stereocenters. The van der Waals surface area contributed by atoms with Crippen LogP contribution in [-0.4, -0.2) is 78.3 Å². The molecule has 0 radical (unpaired) electrons. The normalized spacial score (nSPS) is 24.3. The zero-order valence-corrected chi connectivity index (χ0v) is 14.9. The molecule has 0 saturated carbocycles. The SMILES string of the molecule is OCCC1CCCCN1CCN1CCN(Cc2ccccc2)CC1. The van der Waals surface area contributed by atoms with Gasteiger partial charge in [-0.15, -0.1) is 0 Å². The summed E-state index contributed by atoms with van der Waals surface area (Å²) in [6, 6.07) is 11.4. The second-order valence-corrected chi connectivity index (χ2v) is 7.30. The number of piperazine rings is 1. The molecular weight excluding hydrogens is 298 g/mol. The Kier molecular flexibility index (Phi) is 7.09.